The number of hydrogen-bond acceptors (Lipinski definition) is 2. The van der Waals surface area contributed by atoms with Gasteiger partial charge in [0.1, 0.15) is 22.9 Å². The Morgan fingerprint density at radius 2 is 1.31 bits per heavy atom. The molecule has 0 aliphatic heterocycles. The van der Waals surface area contributed by atoms with Gasteiger partial charge in [0.15, 0.2) is 11.6 Å². The Morgan fingerprint density at radius 1 is 0.750 bits per heavy atom. The van der Waals surface area contributed by atoms with Crippen molar-refractivity contribution in [3.8, 4) is 11.5 Å². The molecule has 1 fully saturated rings. The van der Waals surface area contributed by atoms with Crippen LogP contribution in [-0.2, 0) is 6.11 Å². The number of ether oxygens (including phenoxy) is 2. The van der Waals surface area contributed by atoms with E-state index in [0.29, 0.717) is 18.8 Å². The van der Waals surface area contributed by atoms with Gasteiger partial charge in [0.2, 0.25) is 5.75 Å². The molecule has 0 N–H and O–H groups in total. The SMILES string of the molecule is CCCCCC1CCC(c2cc(F)c(C(F)(F)Oc3cc(F)c(OC(F)(F)F)c(F)c3)c(F)c2)CC1. The summed E-state index contributed by atoms with van der Waals surface area (Å²) < 4.78 is 130. The minimum atomic E-state index is -5.45. The van der Waals surface area contributed by atoms with Gasteiger partial charge >= 0.3 is 12.5 Å². The van der Waals surface area contributed by atoms with Gasteiger partial charge in [0.25, 0.3) is 0 Å². The van der Waals surface area contributed by atoms with E-state index in [-0.39, 0.29) is 23.6 Å². The molecule has 0 spiro atoms. The fourth-order valence-electron chi connectivity index (χ4n) is 4.58. The summed E-state index contributed by atoms with van der Waals surface area (Å²) in [4.78, 5) is 0. The summed E-state index contributed by atoms with van der Waals surface area (Å²) in [7, 11) is 0. The Hall–Kier alpha value is -2.59. The highest BCUT2D eigenvalue weighted by Crippen LogP contribution is 2.42. The van der Waals surface area contributed by atoms with Crippen molar-refractivity contribution < 1.29 is 49.0 Å². The van der Waals surface area contributed by atoms with Gasteiger partial charge in [-0.3, -0.25) is 0 Å². The molecule has 0 amide bonds. The van der Waals surface area contributed by atoms with Gasteiger partial charge in [0, 0.05) is 12.1 Å². The molecule has 0 aromatic heterocycles. The monoisotopic (exact) mass is 528 g/mol. The minimum absolute atomic E-state index is 0.0127. The average Bonchev–Trinajstić information content (AvgIpc) is 2.75. The minimum Gasteiger partial charge on any atom is -0.429 e. The summed E-state index contributed by atoms with van der Waals surface area (Å²) in [6.07, 6.45) is -2.69. The van der Waals surface area contributed by atoms with Crippen LogP contribution in [0.1, 0.15) is 75.3 Å². The molecule has 200 valence electrons. The zero-order valence-electron chi connectivity index (χ0n) is 19.3. The second-order valence-electron chi connectivity index (χ2n) is 8.96. The highest BCUT2D eigenvalue weighted by atomic mass is 19.4. The maximum Gasteiger partial charge on any atom is 0.573 e. The molecule has 1 saturated carbocycles. The van der Waals surface area contributed by atoms with E-state index in [0.717, 1.165) is 50.7 Å². The first-order chi connectivity index (χ1) is 16.8. The molecule has 1 aliphatic rings. The molecule has 2 nitrogen and oxygen atoms in total. The number of hydrogen-bond donors (Lipinski definition) is 0. The van der Waals surface area contributed by atoms with Crippen LogP contribution in [0.3, 0.4) is 0 Å². The number of rotatable bonds is 9. The molecule has 2 aromatic rings. The third-order valence-corrected chi connectivity index (χ3v) is 6.33. The normalized spacial score (nSPS) is 18.8. The molecule has 3 rings (SSSR count). The van der Waals surface area contributed by atoms with Crippen LogP contribution in [0.4, 0.5) is 39.5 Å². The highest BCUT2D eigenvalue weighted by molar-refractivity contribution is 5.37. The third kappa shape index (κ3) is 7.00. The standard InChI is InChI=1S/C25H25F9O2/c1-2-3-4-5-14-6-8-15(9-7-14)16-10-18(26)22(19(27)11-16)24(30,31)35-17-12-20(28)23(21(29)13-17)36-25(32,33)34/h10-15H,2-9H2,1H3. The van der Waals surface area contributed by atoms with Crippen LogP contribution in [0.5, 0.6) is 11.5 Å². The Bertz CT molecular complexity index is 998. The predicted octanol–water partition coefficient (Wildman–Crippen LogP) is 9.12. The first kappa shape index (κ1) is 28.0. The Kier molecular flexibility index (Phi) is 8.71. The van der Waals surface area contributed by atoms with E-state index >= 15 is 0 Å². The van der Waals surface area contributed by atoms with Gasteiger partial charge < -0.3 is 9.47 Å². The molecule has 0 heterocycles. The van der Waals surface area contributed by atoms with Crippen LogP contribution < -0.4 is 9.47 Å². The maximum atomic E-state index is 14.7. The highest BCUT2D eigenvalue weighted by Gasteiger charge is 2.42. The molecule has 36 heavy (non-hydrogen) atoms. The lowest BCUT2D eigenvalue weighted by atomic mass is 9.77. The summed E-state index contributed by atoms with van der Waals surface area (Å²) in [5.74, 6) is -10.1. The van der Waals surface area contributed by atoms with Gasteiger partial charge in [-0.1, -0.05) is 32.6 Å². The van der Waals surface area contributed by atoms with Gasteiger partial charge in [-0.05, 0) is 55.2 Å². The van der Waals surface area contributed by atoms with Crippen molar-refractivity contribution in [1.29, 1.82) is 0 Å². The van der Waals surface area contributed by atoms with Crippen molar-refractivity contribution in [3.05, 3.63) is 58.7 Å². The lowest BCUT2D eigenvalue weighted by Gasteiger charge is -2.29. The summed E-state index contributed by atoms with van der Waals surface area (Å²) in [5, 5.41) is 0. The largest absolute Gasteiger partial charge is 0.573 e. The van der Waals surface area contributed by atoms with E-state index in [1.54, 1.807) is 0 Å². The molecular weight excluding hydrogens is 503 g/mol. The molecule has 2 aromatic carbocycles. The fraction of sp³-hybridized carbons (Fsp3) is 0.520. The second-order valence-corrected chi connectivity index (χ2v) is 8.96. The third-order valence-electron chi connectivity index (χ3n) is 6.33. The Labute approximate surface area is 202 Å². The summed E-state index contributed by atoms with van der Waals surface area (Å²) >= 11 is 0. The maximum absolute atomic E-state index is 14.7. The molecular formula is C25H25F9O2. The van der Waals surface area contributed by atoms with Crippen molar-refractivity contribution in [2.24, 2.45) is 5.92 Å². The van der Waals surface area contributed by atoms with Gasteiger partial charge in [-0.2, -0.15) is 8.78 Å². The molecule has 11 heteroatoms. The first-order valence-electron chi connectivity index (χ1n) is 11.6. The van der Waals surface area contributed by atoms with Crippen molar-refractivity contribution in [3.63, 3.8) is 0 Å². The second kappa shape index (κ2) is 11.2. The van der Waals surface area contributed by atoms with Gasteiger partial charge in [-0.15, -0.1) is 13.2 Å². The summed E-state index contributed by atoms with van der Waals surface area (Å²) in [6.45, 7) is 2.11. The van der Waals surface area contributed by atoms with E-state index in [4.69, 9.17) is 0 Å². The van der Waals surface area contributed by atoms with E-state index in [2.05, 4.69) is 16.4 Å². The first-order valence-corrected chi connectivity index (χ1v) is 11.6. The number of alkyl halides is 5. The smallest absolute Gasteiger partial charge is 0.429 e. The summed E-state index contributed by atoms with van der Waals surface area (Å²) in [5.41, 5.74) is -1.56. The van der Waals surface area contributed by atoms with Crippen LogP contribution in [0, 0.1) is 29.2 Å². The topological polar surface area (TPSA) is 18.5 Å². The Morgan fingerprint density at radius 3 is 1.81 bits per heavy atom. The van der Waals surface area contributed by atoms with Crippen LogP contribution in [-0.4, -0.2) is 6.36 Å². The van der Waals surface area contributed by atoms with E-state index in [1.165, 1.54) is 0 Å². The van der Waals surface area contributed by atoms with Crippen molar-refractivity contribution in [2.75, 3.05) is 0 Å². The lowest BCUT2D eigenvalue weighted by Crippen LogP contribution is -2.26. The van der Waals surface area contributed by atoms with Gasteiger partial charge in [-0.25, -0.2) is 17.6 Å². The van der Waals surface area contributed by atoms with Crippen LogP contribution in [0.25, 0.3) is 0 Å². The lowest BCUT2D eigenvalue weighted by molar-refractivity contribution is -0.276. The number of benzene rings is 2. The summed E-state index contributed by atoms with van der Waals surface area (Å²) in [6, 6.07) is 1.56. The average molecular weight is 528 g/mol. The van der Waals surface area contributed by atoms with Crippen molar-refractivity contribution >= 4 is 0 Å². The van der Waals surface area contributed by atoms with Gasteiger partial charge in [0.05, 0.1) is 0 Å². The quantitative estimate of drug-likeness (QED) is 0.239. The molecule has 0 unspecified atom stereocenters. The number of unbranched alkanes of at least 4 members (excludes halogenated alkanes) is 2. The Balaban J connectivity index is 1.75. The number of halogens is 9. The predicted molar refractivity (Wildman–Crippen MR) is 113 cm³/mol. The molecule has 0 saturated heterocycles. The van der Waals surface area contributed by atoms with E-state index in [1.807, 2.05) is 0 Å². The zero-order chi connectivity index (χ0) is 26.7. The fourth-order valence-corrected chi connectivity index (χ4v) is 4.58. The molecule has 1 aliphatic carbocycles. The van der Waals surface area contributed by atoms with Crippen LogP contribution >= 0.6 is 0 Å². The van der Waals surface area contributed by atoms with E-state index < -0.39 is 52.8 Å². The van der Waals surface area contributed by atoms with Crippen LogP contribution in [0.15, 0.2) is 24.3 Å². The zero-order valence-corrected chi connectivity index (χ0v) is 19.3. The van der Waals surface area contributed by atoms with Crippen molar-refractivity contribution in [1.82, 2.24) is 0 Å². The van der Waals surface area contributed by atoms with Crippen LogP contribution in [0.2, 0.25) is 0 Å². The van der Waals surface area contributed by atoms with E-state index in [9.17, 15) is 39.5 Å². The molecule has 0 bridgehead atoms. The molecule has 0 atom stereocenters. The van der Waals surface area contributed by atoms with Crippen molar-refractivity contribution in [2.45, 2.75) is 76.7 Å². The molecule has 0 radical (unpaired) electrons.